The minimum absolute atomic E-state index is 0.171. The molecule has 0 spiro atoms. The van der Waals surface area contributed by atoms with Gasteiger partial charge in [-0.3, -0.25) is 0 Å². The van der Waals surface area contributed by atoms with Gasteiger partial charge in [0.05, 0.1) is 17.3 Å². The first-order valence-corrected chi connectivity index (χ1v) is 13.3. The molecule has 2 unspecified atom stereocenters. The number of rotatable bonds is 10. The lowest BCUT2D eigenvalue weighted by molar-refractivity contribution is 0.333. The number of ether oxygens (including phenoxy) is 1. The average molecular weight is 441 g/mol. The predicted molar refractivity (Wildman–Crippen MR) is 130 cm³/mol. The molecule has 3 rings (SSSR count). The summed E-state index contributed by atoms with van der Waals surface area (Å²) in [5.74, 6) is 1.95. The predicted octanol–water partition coefficient (Wildman–Crippen LogP) is 6.74. The molecule has 0 aromatic heterocycles. The maximum atomic E-state index is 13.0. The van der Waals surface area contributed by atoms with E-state index in [2.05, 4.69) is 38.1 Å². The Morgan fingerprint density at radius 2 is 1.90 bits per heavy atom. The SMILES string of the molecule is CCCC(C)Cc1c(OCC)ccc2c1C=CCC2CCS(=O)(=O)c1ccccc1C. The van der Waals surface area contributed by atoms with E-state index in [1.54, 1.807) is 12.1 Å². The van der Waals surface area contributed by atoms with Crippen molar-refractivity contribution in [3.05, 3.63) is 64.7 Å². The zero-order chi connectivity index (χ0) is 22.4. The van der Waals surface area contributed by atoms with Crippen molar-refractivity contribution in [1.29, 1.82) is 0 Å². The Morgan fingerprint density at radius 3 is 2.61 bits per heavy atom. The Labute approximate surface area is 188 Å². The molecule has 0 N–H and O–H groups in total. The van der Waals surface area contributed by atoms with Crippen molar-refractivity contribution < 1.29 is 13.2 Å². The molecule has 1 aliphatic rings. The van der Waals surface area contributed by atoms with E-state index < -0.39 is 9.84 Å². The summed E-state index contributed by atoms with van der Waals surface area (Å²) in [4.78, 5) is 0.461. The molecule has 0 amide bonds. The van der Waals surface area contributed by atoms with E-state index >= 15 is 0 Å². The third kappa shape index (κ3) is 5.60. The first-order chi connectivity index (χ1) is 14.9. The van der Waals surface area contributed by atoms with E-state index in [0.29, 0.717) is 23.8 Å². The summed E-state index contributed by atoms with van der Waals surface area (Å²) in [7, 11) is -3.29. The average Bonchev–Trinajstić information content (AvgIpc) is 2.74. The molecule has 0 bridgehead atoms. The maximum Gasteiger partial charge on any atom is 0.178 e. The van der Waals surface area contributed by atoms with Gasteiger partial charge >= 0.3 is 0 Å². The van der Waals surface area contributed by atoms with Crippen LogP contribution in [0.25, 0.3) is 6.08 Å². The van der Waals surface area contributed by atoms with Crippen LogP contribution in [-0.2, 0) is 16.3 Å². The van der Waals surface area contributed by atoms with Gasteiger partial charge in [0, 0.05) is 5.56 Å². The zero-order valence-corrected chi connectivity index (χ0v) is 20.2. The van der Waals surface area contributed by atoms with Crippen LogP contribution in [0.5, 0.6) is 5.75 Å². The largest absolute Gasteiger partial charge is 0.494 e. The fraction of sp³-hybridized carbons (Fsp3) is 0.481. The molecule has 31 heavy (non-hydrogen) atoms. The van der Waals surface area contributed by atoms with Crippen molar-refractivity contribution >= 4 is 15.9 Å². The first kappa shape index (κ1) is 23.6. The number of hydrogen-bond acceptors (Lipinski definition) is 3. The zero-order valence-electron chi connectivity index (χ0n) is 19.4. The lowest BCUT2D eigenvalue weighted by Crippen LogP contribution is -2.15. The second-order valence-corrected chi connectivity index (χ2v) is 10.9. The van der Waals surface area contributed by atoms with Crippen molar-refractivity contribution in [3.8, 4) is 5.75 Å². The molecule has 0 fully saturated rings. The van der Waals surface area contributed by atoms with Gasteiger partial charge in [0.2, 0.25) is 0 Å². The number of hydrogen-bond donors (Lipinski definition) is 0. The highest BCUT2D eigenvalue weighted by Gasteiger charge is 2.25. The van der Waals surface area contributed by atoms with Gasteiger partial charge < -0.3 is 4.74 Å². The summed E-state index contributed by atoms with van der Waals surface area (Å²) in [5, 5.41) is 0. The van der Waals surface area contributed by atoms with Gasteiger partial charge in [-0.25, -0.2) is 8.42 Å². The van der Waals surface area contributed by atoms with Crippen molar-refractivity contribution in [2.75, 3.05) is 12.4 Å². The fourth-order valence-corrected chi connectivity index (χ4v) is 6.38. The van der Waals surface area contributed by atoms with Crippen LogP contribution in [0.1, 0.15) is 74.6 Å². The number of fused-ring (bicyclic) bond motifs is 1. The van der Waals surface area contributed by atoms with Gasteiger partial charge in [-0.05, 0) is 73.8 Å². The smallest absolute Gasteiger partial charge is 0.178 e. The second kappa shape index (κ2) is 10.5. The molecule has 2 atom stereocenters. The molecule has 4 heteroatoms. The van der Waals surface area contributed by atoms with Gasteiger partial charge in [0.25, 0.3) is 0 Å². The van der Waals surface area contributed by atoms with Gasteiger partial charge in [0.15, 0.2) is 9.84 Å². The van der Waals surface area contributed by atoms with Crippen LogP contribution < -0.4 is 4.74 Å². The summed E-state index contributed by atoms with van der Waals surface area (Å²) in [6.07, 6.45) is 9.30. The Hall–Kier alpha value is -2.07. The van der Waals surface area contributed by atoms with Crippen molar-refractivity contribution in [1.82, 2.24) is 0 Å². The number of sulfone groups is 1. The van der Waals surface area contributed by atoms with Gasteiger partial charge in [0.1, 0.15) is 5.75 Å². The van der Waals surface area contributed by atoms with Crippen LogP contribution in [0.15, 0.2) is 47.4 Å². The lowest BCUT2D eigenvalue weighted by Gasteiger charge is -2.26. The van der Waals surface area contributed by atoms with E-state index in [0.717, 1.165) is 24.2 Å². The molecule has 1 aliphatic carbocycles. The second-order valence-electron chi connectivity index (χ2n) is 8.78. The molecule has 0 aliphatic heterocycles. The molecule has 2 aromatic carbocycles. The highest BCUT2D eigenvalue weighted by Crippen LogP contribution is 2.39. The van der Waals surface area contributed by atoms with E-state index in [1.807, 2.05) is 26.0 Å². The fourth-order valence-electron chi connectivity index (χ4n) is 4.72. The summed E-state index contributed by atoms with van der Waals surface area (Å²) >= 11 is 0. The Kier molecular flexibility index (Phi) is 7.99. The minimum atomic E-state index is -3.29. The Bertz CT molecular complexity index is 1020. The van der Waals surface area contributed by atoms with Crippen LogP contribution in [-0.4, -0.2) is 20.8 Å². The minimum Gasteiger partial charge on any atom is -0.494 e. The normalized spacial score (nSPS) is 16.7. The monoisotopic (exact) mass is 440 g/mol. The highest BCUT2D eigenvalue weighted by atomic mass is 32.2. The summed E-state index contributed by atoms with van der Waals surface area (Å²) < 4.78 is 32.0. The summed E-state index contributed by atoms with van der Waals surface area (Å²) in [6.45, 7) is 9.07. The van der Waals surface area contributed by atoms with Crippen LogP contribution in [0.4, 0.5) is 0 Å². The number of aryl methyl sites for hydroxylation is 1. The van der Waals surface area contributed by atoms with Crippen LogP contribution in [0.3, 0.4) is 0 Å². The van der Waals surface area contributed by atoms with Crippen LogP contribution in [0, 0.1) is 12.8 Å². The molecular weight excluding hydrogens is 404 g/mol. The van der Waals surface area contributed by atoms with Gasteiger partial charge in [-0.15, -0.1) is 0 Å². The maximum absolute atomic E-state index is 13.0. The third-order valence-corrected chi connectivity index (χ3v) is 8.19. The topological polar surface area (TPSA) is 43.4 Å². The van der Waals surface area contributed by atoms with E-state index in [4.69, 9.17) is 4.74 Å². The molecule has 0 saturated carbocycles. The highest BCUT2D eigenvalue weighted by molar-refractivity contribution is 7.91. The molecule has 3 nitrogen and oxygen atoms in total. The molecule has 0 saturated heterocycles. The first-order valence-electron chi connectivity index (χ1n) is 11.6. The van der Waals surface area contributed by atoms with E-state index in [-0.39, 0.29) is 11.7 Å². The van der Waals surface area contributed by atoms with Gasteiger partial charge in [-0.1, -0.05) is 63.1 Å². The quantitative estimate of drug-likeness (QED) is 0.411. The molecule has 2 aromatic rings. The van der Waals surface area contributed by atoms with Crippen molar-refractivity contribution in [2.45, 2.75) is 70.6 Å². The van der Waals surface area contributed by atoms with E-state index in [1.165, 1.54) is 29.5 Å². The summed E-state index contributed by atoms with van der Waals surface area (Å²) in [5.41, 5.74) is 4.62. The Morgan fingerprint density at radius 1 is 1.13 bits per heavy atom. The molecule has 168 valence electrons. The lowest BCUT2D eigenvalue weighted by atomic mass is 9.81. The van der Waals surface area contributed by atoms with Gasteiger partial charge in [-0.2, -0.15) is 0 Å². The number of allylic oxidation sites excluding steroid dienone is 1. The standard InChI is InChI=1S/C27H36O3S/c1-5-10-20(3)19-25-24-13-9-12-22(23(24)15-16-26(25)30-6-2)17-18-31(28,29)27-14-8-7-11-21(27)4/h7-9,11,13-16,20,22H,5-6,10,12,17-19H2,1-4H3. The van der Waals surface area contributed by atoms with E-state index in [9.17, 15) is 8.42 Å². The third-order valence-electron chi connectivity index (χ3n) is 6.29. The summed E-state index contributed by atoms with van der Waals surface area (Å²) in [6, 6.07) is 11.5. The van der Waals surface area contributed by atoms with Crippen molar-refractivity contribution in [3.63, 3.8) is 0 Å². The molecule has 0 heterocycles. The number of benzene rings is 2. The Balaban J connectivity index is 1.87. The van der Waals surface area contributed by atoms with Crippen LogP contribution in [0.2, 0.25) is 0 Å². The van der Waals surface area contributed by atoms with Crippen molar-refractivity contribution in [2.24, 2.45) is 5.92 Å². The molecular formula is C27H36O3S. The van der Waals surface area contributed by atoms with Crippen LogP contribution >= 0.6 is 0 Å². The molecule has 0 radical (unpaired) electrons.